The highest BCUT2D eigenvalue weighted by molar-refractivity contribution is 5.97. The van der Waals surface area contributed by atoms with Crippen molar-refractivity contribution in [2.75, 3.05) is 13.7 Å². The number of aryl methyl sites for hydroxylation is 1. The lowest BCUT2D eigenvalue weighted by molar-refractivity contribution is 0.0948. The molecule has 3 heteroatoms. The molecule has 0 aromatic heterocycles. The zero-order valence-corrected chi connectivity index (χ0v) is 9.75. The highest BCUT2D eigenvalue weighted by atomic mass is 16.5. The average molecular weight is 219 g/mol. The molecule has 2 rings (SSSR count). The van der Waals surface area contributed by atoms with E-state index < -0.39 is 0 Å². The number of nitrogens with one attached hydrogen (secondary N) is 1. The fourth-order valence-corrected chi connectivity index (χ4v) is 1.76. The van der Waals surface area contributed by atoms with Crippen molar-refractivity contribution in [1.82, 2.24) is 5.32 Å². The lowest BCUT2D eigenvalue weighted by Gasteiger charge is -2.11. The SMILES string of the molecule is COc1c(C)cccc1C(=O)NCC1CC1. The van der Waals surface area contributed by atoms with Crippen LogP contribution in [0.4, 0.5) is 0 Å². The molecular weight excluding hydrogens is 202 g/mol. The number of benzene rings is 1. The van der Waals surface area contributed by atoms with E-state index in [0.29, 0.717) is 17.2 Å². The first-order chi connectivity index (χ1) is 7.72. The summed E-state index contributed by atoms with van der Waals surface area (Å²) in [5, 5.41) is 2.94. The number of amides is 1. The van der Waals surface area contributed by atoms with Gasteiger partial charge < -0.3 is 10.1 Å². The summed E-state index contributed by atoms with van der Waals surface area (Å²) in [5.41, 5.74) is 1.62. The Kier molecular flexibility index (Phi) is 3.13. The maximum absolute atomic E-state index is 11.9. The molecule has 0 bridgehead atoms. The molecule has 1 N–H and O–H groups in total. The van der Waals surface area contributed by atoms with Gasteiger partial charge in [0.1, 0.15) is 5.75 Å². The number of carbonyl (C=O) groups is 1. The van der Waals surface area contributed by atoms with E-state index in [1.807, 2.05) is 19.1 Å². The molecule has 1 saturated carbocycles. The summed E-state index contributed by atoms with van der Waals surface area (Å²) in [5.74, 6) is 1.34. The van der Waals surface area contributed by atoms with Gasteiger partial charge in [-0.15, -0.1) is 0 Å². The largest absolute Gasteiger partial charge is 0.496 e. The van der Waals surface area contributed by atoms with Crippen molar-refractivity contribution in [1.29, 1.82) is 0 Å². The number of hydrogen-bond donors (Lipinski definition) is 1. The Morgan fingerprint density at radius 1 is 1.50 bits per heavy atom. The molecule has 0 aliphatic heterocycles. The standard InChI is InChI=1S/C13H17NO2/c1-9-4-3-5-11(12(9)16-2)13(15)14-8-10-6-7-10/h3-5,10H,6-8H2,1-2H3,(H,14,15). The predicted octanol–water partition coefficient (Wildman–Crippen LogP) is 2.14. The quantitative estimate of drug-likeness (QED) is 0.842. The third-order valence-electron chi connectivity index (χ3n) is 2.91. The monoisotopic (exact) mass is 219 g/mol. The normalized spacial score (nSPS) is 14.6. The molecule has 1 aromatic rings. The summed E-state index contributed by atoms with van der Waals surface area (Å²) in [6.45, 7) is 2.73. The molecule has 1 amide bonds. The lowest BCUT2D eigenvalue weighted by atomic mass is 10.1. The van der Waals surface area contributed by atoms with Gasteiger partial charge in [-0.05, 0) is 37.3 Å². The molecule has 0 radical (unpaired) electrons. The molecule has 16 heavy (non-hydrogen) atoms. The molecule has 0 unspecified atom stereocenters. The number of ether oxygens (including phenoxy) is 1. The van der Waals surface area contributed by atoms with Crippen molar-refractivity contribution in [3.05, 3.63) is 29.3 Å². The summed E-state index contributed by atoms with van der Waals surface area (Å²) >= 11 is 0. The molecular formula is C13H17NO2. The van der Waals surface area contributed by atoms with E-state index in [-0.39, 0.29) is 5.91 Å². The fraction of sp³-hybridized carbons (Fsp3) is 0.462. The van der Waals surface area contributed by atoms with E-state index >= 15 is 0 Å². The van der Waals surface area contributed by atoms with Gasteiger partial charge in [-0.25, -0.2) is 0 Å². The molecule has 0 heterocycles. The van der Waals surface area contributed by atoms with Gasteiger partial charge in [0.05, 0.1) is 12.7 Å². The Labute approximate surface area is 95.8 Å². The highest BCUT2D eigenvalue weighted by Gasteiger charge is 2.22. The van der Waals surface area contributed by atoms with Crippen LogP contribution in [-0.2, 0) is 0 Å². The van der Waals surface area contributed by atoms with Crippen LogP contribution in [0.15, 0.2) is 18.2 Å². The van der Waals surface area contributed by atoms with Crippen LogP contribution in [0, 0.1) is 12.8 Å². The topological polar surface area (TPSA) is 38.3 Å². The van der Waals surface area contributed by atoms with Gasteiger partial charge in [-0.1, -0.05) is 12.1 Å². The minimum Gasteiger partial charge on any atom is -0.496 e. The van der Waals surface area contributed by atoms with Gasteiger partial charge in [0.2, 0.25) is 0 Å². The summed E-state index contributed by atoms with van der Waals surface area (Å²) in [4.78, 5) is 11.9. The summed E-state index contributed by atoms with van der Waals surface area (Å²) < 4.78 is 5.26. The van der Waals surface area contributed by atoms with Gasteiger partial charge in [0, 0.05) is 6.54 Å². The van der Waals surface area contributed by atoms with Crippen LogP contribution in [0.3, 0.4) is 0 Å². The maximum atomic E-state index is 11.9. The first-order valence-electron chi connectivity index (χ1n) is 5.64. The Bertz CT molecular complexity index is 397. The minimum atomic E-state index is -0.0348. The second kappa shape index (κ2) is 4.56. The molecule has 1 aromatic carbocycles. The van der Waals surface area contributed by atoms with E-state index in [0.717, 1.165) is 12.1 Å². The molecule has 1 aliphatic rings. The molecule has 0 atom stereocenters. The third kappa shape index (κ3) is 2.35. The summed E-state index contributed by atoms with van der Waals surface area (Å²) in [6.07, 6.45) is 2.48. The van der Waals surface area contributed by atoms with Gasteiger partial charge in [0.25, 0.3) is 5.91 Å². The van der Waals surface area contributed by atoms with E-state index in [1.54, 1.807) is 13.2 Å². The second-order valence-corrected chi connectivity index (χ2v) is 4.31. The highest BCUT2D eigenvalue weighted by Crippen LogP contribution is 2.28. The van der Waals surface area contributed by atoms with Crippen molar-refractivity contribution in [2.24, 2.45) is 5.92 Å². The van der Waals surface area contributed by atoms with E-state index in [1.165, 1.54) is 12.8 Å². The van der Waals surface area contributed by atoms with Gasteiger partial charge in [-0.2, -0.15) is 0 Å². The molecule has 1 aliphatic carbocycles. The van der Waals surface area contributed by atoms with Gasteiger partial charge in [0.15, 0.2) is 0 Å². The lowest BCUT2D eigenvalue weighted by Crippen LogP contribution is -2.26. The Morgan fingerprint density at radius 3 is 2.88 bits per heavy atom. The van der Waals surface area contributed by atoms with Crippen LogP contribution in [0.2, 0.25) is 0 Å². The summed E-state index contributed by atoms with van der Waals surface area (Å²) in [7, 11) is 1.60. The minimum absolute atomic E-state index is 0.0348. The van der Waals surface area contributed by atoms with Gasteiger partial charge in [-0.3, -0.25) is 4.79 Å². The van der Waals surface area contributed by atoms with Crippen molar-refractivity contribution in [3.63, 3.8) is 0 Å². The van der Waals surface area contributed by atoms with Crippen LogP contribution in [0.25, 0.3) is 0 Å². The number of carbonyl (C=O) groups excluding carboxylic acids is 1. The zero-order valence-electron chi connectivity index (χ0n) is 9.75. The van der Waals surface area contributed by atoms with Crippen LogP contribution < -0.4 is 10.1 Å². The molecule has 0 saturated heterocycles. The van der Waals surface area contributed by atoms with Crippen molar-refractivity contribution >= 4 is 5.91 Å². The number of hydrogen-bond acceptors (Lipinski definition) is 2. The Balaban J connectivity index is 2.11. The Hall–Kier alpha value is -1.51. The number of para-hydroxylation sites is 1. The van der Waals surface area contributed by atoms with E-state index in [4.69, 9.17) is 4.74 Å². The smallest absolute Gasteiger partial charge is 0.255 e. The van der Waals surface area contributed by atoms with Gasteiger partial charge >= 0.3 is 0 Å². The molecule has 3 nitrogen and oxygen atoms in total. The van der Waals surface area contributed by atoms with Crippen LogP contribution >= 0.6 is 0 Å². The average Bonchev–Trinajstić information content (AvgIpc) is 3.09. The number of methoxy groups -OCH3 is 1. The molecule has 86 valence electrons. The van der Waals surface area contributed by atoms with E-state index in [2.05, 4.69) is 5.32 Å². The first kappa shape index (κ1) is 11.0. The molecule has 0 spiro atoms. The van der Waals surface area contributed by atoms with E-state index in [9.17, 15) is 4.79 Å². The van der Waals surface area contributed by atoms with Crippen LogP contribution in [0.5, 0.6) is 5.75 Å². The maximum Gasteiger partial charge on any atom is 0.255 e. The van der Waals surface area contributed by atoms with Crippen LogP contribution in [0.1, 0.15) is 28.8 Å². The van der Waals surface area contributed by atoms with Crippen molar-refractivity contribution in [2.45, 2.75) is 19.8 Å². The molecule has 1 fully saturated rings. The number of rotatable bonds is 4. The van der Waals surface area contributed by atoms with Crippen LogP contribution in [-0.4, -0.2) is 19.6 Å². The first-order valence-corrected chi connectivity index (χ1v) is 5.64. The zero-order chi connectivity index (χ0) is 11.5. The second-order valence-electron chi connectivity index (χ2n) is 4.31. The fourth-order valence-electron chi connectivity index (χ4n) is 1.76. The van der Waals surface area contributed by atoms with Crippen molar-refractivity contribution in [3.8, 4) is 5.75 Å². The third-order valence-corrected chi connectivity index (χ3v) is 2.91. The predicted molar refractivity (Wildman–Crippen MR) is 62.8 cm³/mol. The van der Waals surface area contributed by atoms with Crippen molar-refractivity contribution < 1.29 is 9.53 Å². The Morgan fingerprint density at radius 2 is 2.25 bits per heavy atom. The summed E-state index contributed by atoms with van der Waals surface area (Å²) in [6, 6.07) is 5.62.